The van der Waals surface area contributed by atoms with E-state index in [1.165, 1.54) is 7.11 Å². The van der Waals surface area contributed by atoms with E-state index >= 15 is 0 Å². The van der Waals surface area contributed by atoms with Crippen LogP contribution in [-0.4, -0.2) is 48.2 Å². The number of hydrogen-bond acceptors (Lipinski definition) is 4. The predicted molar refractivity (Wildman–Crippen MR) is 92.8 cm³/mol. The van der Waals surface area contributed by atoms with Gasteiger partial charge in [0.2, 0.25) is 0 Å². The molecule has 0 radical (unpaired) electrons. The van der Waals surface area contributed by atoms with Gasteiger partial charge in [-0.2, -0.15) is 0 Å². The van der Waals surface area contributed by atoms with Gasteiger partial charge in [0, 0.05) is 18.5 Å². The zero-order chi connectivity index (χ0) is 17.9. The summed E-state index contributed by atoms with van der Waals surface area (Å²) in [6, 6.07) is 9.52. The number of amides is 2. The van der Waals surface area contributed by atoms with Crippen molar-refractivity contribution in [2.45, 2.75) is 43.7 Å². The Hall–Kier alpha value is -2.08. The SMILES string of the molecule is COC(=O)CNC(=O)N1CC[C@@](O)(c2ccccc2)[C@H]2CCCC[C@@H]21. The third-order valence-electron chi connectivity index (χ3n) is 5.62. The number of methoxy groups -OCH3 is 1. The number of carbonyl (C=O) groups is 2. The Morgan fingerprint density at radius 2 is 2.00 bits per heavy atom. The Labute approximate surface area is 148 Å². The summed E-state index contributed by atoms with van der Waals surface area (Å²) in [7, 11) is 1.30. The summed E-state index contributed by atoms with van der Waals surface area (Å²) in [6.07, 6.45) is 4.40. The smallest absolute Gasteiger partial charge is 0.325 e. The molecule has 2 amide bonds. The lowest BCUT2D eigenvalue weighted by Crippen LogP contribution is -2.61. The first-order valence-electron chi connectivity index (χ1n) is 8.95. The van der Waals surface area contributed by atoms with Gasteiger partial charge >= 0.3 is 12.0 Å². The van der Waals surface area contributed by atoms with Crippen LogP contribution in [0.15, 0.2) is 30.3 Å². The molecule has 6 heteroatoms. The second kappa shape index (κ2) is 7.44. The quantitative estimate of drug-likeness (QED) is 0.821. The first-order valence-corrected chi connectivity index (χ1v) is 8.95. The Morgan fingerprint density at radius 1 is 1.28 bits per heavy atom. The van der Waals surface area contributed by atoms with Crippen molar-refractivity contribution >= 4 is 12.0 Å². The molecule has 1 saturated heterocycles. The molecule has 0 unspecified atom stereocenters. The minimum Gasteiger partial charge on any atom is -0.468 e. The lowest BCUT2D eigenvalue weighted by Gasteiger charge is -2.52. The zero-order valence-electron chi connectivity index (χ0n) is 14.6. The molecule has 6 nitrogen and oxygen atoms in total. The minimum atomic E-state index is -0.897. The molecule has 1 saturated carbocycles. The van der Waals surface area contributed by atoms with E-state index in [0.29, 0.717) is 13.0 Å². The van der Waals surface area contributed by atoms with Crippen molar-refractivity contribution in [2.75, 3.05) is 20.2 Å². The molecule has 1 heterocycles. The molecule has 0 aromatic heterocycles. The van der Waals surface area contributed by atoms with Gasteiger partial charge in [-0.15, -0.1) is 0 Å². The van der Waals surface area contributed by atoms with Gasteiger partial charge in [0.05, 0.1) is 12.7 Å². The van der Waals surface area contributed by atoms with Crippen LogP contribution in [0.1, 0.15) is 37.7 Å². The third-order valence-corrected chi connectivity index (χ3v) is 5.62. The van der Waals surface area contributed by atoms with Crippen LogP contribution in [0.5, 0.6) is 0 Å². The molecule has 3 atom stereocenters. The molecule has 1 aromatic rings. The summed E-state index contributed by atoms with van der Waals surface area (Å²) in [4.78, 5) is 25.6. The van der Waals surface area contributed by atoms with Crippen molar-refractivity contribution in [1.82, 2.24) is 10.2 Å². The number of urea groups is 1. The number of aliphatic hydroxyl groups is 1. The first-order chi connectivity index (χ1) is 12.1. The highest BCUT2D eigenvalue weighted by molar-refractivity contribution is 5.81. The van der Waals surface area contributed by atoms with E-state index in [9.17, 15) is 14.7 Å². The second-order valence-electron chi connectivity index (χ2n) is 6.93. The molecule has 1 aliphatic carbocycles. The van der Waals surface area contributed by atoms with Crippen LogP contribution in [0.25, 0.3) is 0 Å². The van der Waals surface area contributed by atoms with E-state index in [1.807, 2.05) is 30.3 Å². The van der Waals surface area contributed by atoms with Gasteiger partial charge in [0.1, 0.15) is 6.54 Å². The normalized spacial score (nSPS) is 28.8. The molecule has 3 rings (SSSR count). The van der Waals surface area contributed by atoms with Gasteiger partial charge < -0.3 is 20.1 Å². The summed E-state index contributed by atoms with van der Waals surface area (Å²) in [6.45, 7) is 0.339. The Morgan fingerprint density at radius 3 is 2.72 bits per heavy atom. The fraction of sp³-hybridized carbons (Fsp3) is 0.579. The van der Waals surface area contributed by atoms with Crippen molar-refractivity contribution in [3.05, 3.63) is 35.9 Å². The van der Waals surface area contributed by atoms with Gasteiger partial charge in [-0.05, 0) is 24.8 Å². The molecule has 1 aliphatic heterocycles. The number of hydrogen-bond donors (Lipinski definition) is 2. The highest BCUT2D eigenvalue weighted by Gasteiger charge is 2.50. The van der Waals surface area contributed by atoms with Crippen LogP contribution in [0.2, 0.25) is 0 Å². The third kappa shape index (κ3) is 3.49. The van der Waals surface area contributed by atoms with E-state index < -0.39 is 11.6 Å². The lowest BCUT2D eigenvalue weighted by molar-refractivity contribution is -0.139. The molecule has 136 valence electrons. The van der Waals surface area contributed by atoms with E-state index in [4.69, 9.17) is 0 Å². The number of rotatable bonds is 3. The summed E-state index contributed by atoms with van der Waals surface area (Å²) in [5.41, 5.74) is 0.0346. The fourth-order valence-corrected chi connectivity index (χ4v) is 4.34. The van der Waals surface area contributed by atoms with E-state index in [-0.39, 0.29) is 24.5 Å². The molecular formula is C19H26N2O4. The van der Waals surface area contributed by atoms with Gasteiger partial charge in [-0.3, -0.25) is 4.79 Å². The van der Waals surface area contributed by atoms with Crippen molar-refractivity contribution in [2.24, 2.45) is 5.92 Å². The van der Waals surface area contributed by atoms with Crippen LogP contribution >= 0.6 is 0 Å². The predicted octanol–water partition coefficient (Wildman–Crippen LogP) is 2.02. The topological polar surface area (TPSA) is 78.9 Å². The van der Waals surface area contributed by atoms with Crippen LogP contribution in [0, 0.1) is 5.92 Å². The molecule has 0 spiro atoms. The molecule has 1 aromatic carbocycles. The fourth-order valence-electron chi connectivity index (χ4n) is 4.34. The number of piperidine rings is 1. The van der Waals surface area contributed by atoms with Crippen molar-refractivity contribution in [1.29, 1.82) is 0 Å². The number of ether oxygens (including phenoxy) is 1. The average Bonchev–Trinajstić information content (AvgIpc) is 2.67. The molecule has 2 fully saturated rings. The van der Waals surface area contributed by atoms with Gasteiger partial charge in [0.25, 0.3) is 0 Å². The Kier molecular flexibility index (Phi) is 5.27. The minimum absolute atomic E-state index is 0.00893. The summed E-state index contributed by atoms with van der Waals surface area (Å²) >= 11 is 0. The monoisotopic (exact) mass is 346 g/mol. The molecule has 0 bridgehead atoms. The maximum Gasteiger partial charge on any atom is 0.325 e. The van der Waals surface area contributed by atoms with Crippen molar-refractivity contribution < 1.29 is 19.4 Å². The van der Waals surface area contributed by atoms with Crippen LogP contribution in [0.3, 0.4) is 0 Å². The van der Waals surface area contributed by atoms with Crippen LogP contribution in [-0.2, 0) is 15.1 Å². The van der Waals surface area contributed by atoms with Crippen LogP contribution < -0.4 is 5.32 Å². The Balaban J connectivity index is 1.78. The lowest BCUT2D eigenvalue weighted by atomic mass is 9.66. The van der Waals surface area contributed by atoms with Gasteiger partial charge in [0.15, 0.2) is 0 Å². The standard InChI is InChI=1S/C19H26N2O4/c1-25-17(22)13-20-18(23)21-12-11-19(24,14-7-3-2-4-8-14)15-9-5-6-10-16(15)21/h2-4,7-8,15-16,24H,5-6,9-13H2,1H3,(H,20,23)/t15-,16-,19+/m0/s1. The number of likely N-dealkylation sites (tertiary alicyclic amines) is 1. The second-order valence-corrected chi connectivity index (χ2v) is 6.93. The number of esters is 1. The summed E-state index contributed by atoms with van der Waals surface area (Å²) in [5.74, 6) is -0.451. The van der Waals surface area contributed by atoms with Crippen molar-refractivity contribution in [3.63, 3.8) is 0 Å². The molecular weight excluding hydrogens is 320 g/mol. The van der Waals surface area contributed by atoms with Gasteiger partial charge in [-0.1, -0.05) is 43.2 Å². The first kappa shape index (κ1) is 17.7. The molecule has 2 aliphatic rings. The number of nitrogens with one attached hydrogen (secondary N) is 1. The van der Waals surface area contributed by atoms with E-state index in [1.54, 1.807) is 4.90 Å². The average molecular weight is 346 g/mol. The number of carbonyl (C=O) groups excluding carboxylic acids is 2. The van der Waals surface area contributed by atoms with E-state index in [2.05, 4.69) is 10.1 Å². The number of fused-ring (bicyclic) bond motifs is 1. The largest absolute Gasteiger partial charge is 0.468 e. The number of nitrogens with zero attached hydrogens (tertiary/aromatic N) is 1. The van der Waals surface area contributed by atoms with Crippen molar-refractivity contribution in [3.8, 4) is 0 Å². The zero-order valence-corrected chi connectivity index (χ0v) is 14.6. The van der Waals surface area contributed by atoms with Crippen LogP contribution in [0.4, 0.5) is 4.79 Å². The van der Waals surface area contributed by atoms with Gasteiger partial charge in [-0.25, -0.2) is 4.79 Å². The maximum absolute atomic E-state index is 12.5. The summed E-state index contributed by atoms with van der Waals surface area (Å²) < 4.78 is 4.57. The highest BCUT2D eigenvalue weighted by atomic mass is 16.5. The molecule has 2 N–H and O–H groups in total. The highest BCUT2D eigenvalue weighted by Crippen LogP contribution is 2.46. The Bertz CT molecular complexity index is 621. The summed E-state index contributed by atoms with van der Waals surface area (Å²) in [5, 5.41) is 14.1. The molecule has 25 heavy (non-hydrogen) atoms. The van der Waals surface area contributed by atoms with E-state index in [0.717, 1.165) is 31.2 Å². The number of benzene rings is 1. The maximum atomic E-state index is 12.5.